The van der Waals surface area contributed by atoms with E-state index in [9.17, 15) is 0 Å². The van der Waals surface area contributed by atoms with Gasteiger partial charge < -0.3 is 0 Å². The van der Waals surface area contributed by atoms with Crippen LogP contribution in [0.5, 0.6) is 0 Å². The van der Waals surface area contributed by atoms with E-state index in [-0.39, 0.29) is 0 Å². The zero-order valence-corrected chi connectivity index (χ0v) is 7.04. The molecular formula is C7H7Ir+2. The molecule has 0 spiro atoms. The van der Waals surface area contributed by atoms with Gasteiger partial charge in [-0.3, -0.25) is 0 Å². The Kier molecular flexibility index (Phi) is 1.82. The molecular weight excluding hydrogens is 276 g/mol. The van der Waals surface area contributed by atoms with Gasteiger partial charge in [0.25, 0.3) is 0 Å². The summed E-state index contributed by atoms with van der Waals surface area (Å²) < 4.78 is 1.37. The molecule has 0 aliphatic rings. The number of hydrogen-bond acceptors (Lipinski definition) is 0. The molecule has 0 saturated heterocycles. The maximum atomic E-state index is 2.12. The van der Waals surface area contributed by atoms with Gasteiger partial charge in [0.2, 0.25) is 0 Å². The van der Waals surface area contributed by atoms with Gasteiger partial charge in [-0.1, -0.05) is 0 Å². The van der Waals surface area contributed by atoms with Crippen LogP contribution in [0.25, 0.3) is 0 Å². The molecule has 0 saturated carbocycles. The van der Waals surface area contributed by atoms with E-state index in [4.69, 9.17) is 0 Å². The van der Waals surface area contributed by atoms with Gasteiger partial charge in [0.1, 0.15) is 0 Å². The number of aryl methyl sites for hydroxylation is 1. The zero-order valence-electron chi connectivity index (χ0n) is 4.64. The molecule has 1 rings (SSSR count). The van der Waals surface area contributed by atoms with E-state index < -0.39 is 0 Å². The minimum absolute atomic E-state index is 1.37. The van der Waals surface area contributed by atoms with Crippen molar-refractivity contribution in [2.75, 3.05) is 0 Å². The van der Waals surface area contributed by atoms with Gasteiger partial charge in [-0.2, -0.15) is 0 Å². The van der Waals surface area contributed by atoms with Gasteiger partial charge in [0.05, 0.1) is 0 Å². The number of rotatable bonds is 0. The van der Waals surface area contributed by atoms with E-state index in [1.54, 1.807) is 0 Å². The van der Waals surface area contributed by atoms with Gasteiger partial charge in [-0.15, -0.1) is 0 Å². The molecule has 0 aliphatic carbocycles. The molecule has 0 unspecified atom stereocenters. The first-order valence-electron chi connectivity index (χ1n) is 2.49. The van der Waals surface area contributed by atoms with Gasteiger partial charge in [-0.25, -0.2) is 0 Å². The molecule has 1 aromatic carbocycles. The molecule has 0 aromatic heterocycles. The first kappa shape index (κ1) is 6.00. The van der Waals surface area contributed by atoms with Gasteiger partial charge in [0, 0.05) is 0 Å². The molecule has 8 heavy (non-hydrogen) atoms. The SMILES string of the molecule is Cc1cccc[c]1[Ir+2]. The van der Waals surface area contributed by atoms with Crippen LogP contribution in [0.3, 0.4) is 0 Å². The quantitative estimate of drug-likeness (QED) is 0.670. The third kappa shape index (κ3) is 1.18. The van der Waals surface area contributed by atoms with E-state index in [2.05, 4.69) is 50.1 Å². The summed E-state index contributed by atoms with van der Waals surface area (Å²) in [6, 6.07) is 8.36. The van der Waals surface area contributed by atoms with Crippen LogP contribution in [0.4, 0.5) is 0 Å². The molecule has 0 radical (unpaired) electrons. The van der Waals surface area contributed by atoms with Crippen molar-refractivity contribution in [3.8, 4) is 0 Å². The maximum absolute atomic E-state index is 2.12. The molecule has 1 heteroatoms. The second-order valence-corrected chi connectivity index (χ2v) is 3.02. The normalized spacial score (nSPS) is 9.25. The summed E-state index contributed by atoms with van der Waals surface area (Å²) in [4.78, 5) is 0. The minimum atomic E-state index is 1.37. The van der Waals surface area contributed by atoms with E-state index >= 15 is 0 Å². The molecule has 0 bridgehead atoms. The summed E-state index contributed by atoms with van der Waals surface area (Å²) in [5, 5.41) is 0. The first-order chi connectivity index (χ1) is 3.80. The fourth-order valence-corrected chi connectivity index (χ4v) is 0.973. The Morgan fingerprint density at radius 3 is 2.25 bits per heavy atom. The number of benzene rings is 1. The molecule has 42 valence electrons. The van der Waals surface area contributed by atoms with Crippen molar-refractivity contribution in [1.29, 1.82) is 0 Å². The number of hydrogen-bond donors (Lipinski definition) is 0. The molecule has 0 atom stereocenters. The van der Waals surface area contributed by atoms with Gasteiger partial charge in [-0.05, 0) is 0 Å². The van der Waals surface area contributed by atoms with E-state index in [0.29, 0.717) is 0 Å². The predicted molar refractivity (Wildman–Crippen MR) is 30.8 cm³/mol. The molecule has 1 aromatic rings. The average Bonchev–Trinajstić information content (AvgIpc) is 1.77. The van der Waals surface area contributed by atoms with Crippen LogP contribution >= 0.6 is 0 Å². The van der Waals surface area contributed by atoms with Crippen LogP contribution < -0.4 is 4.08 Å². The van der Waals surface area contributed by atoms with Crippen LogP contribution in [-0.4, -0.2) is 0 Å². The van der Waals surface area contributed by atoms with E-state index in [0.717, 1.165) is 0 Å². The monoisotopic (exact) mass is 284 g/mol. The Morgan fingerprint density at radius 2 is 1.88 bits per heavy atom. The van der Waals surface area contributed by atoms with Crippen molar-refractivity contribution in [1.82, 2.24) is 0 Å². The van der Waals surface area contributed by atoms with Crippen LogP contribution in [0.2, 0.25) is 0 Å². The topological polar surface area (TPSA) is 0 Å². The molecule has 0 nitrogen and oxygen atoms in total. The summed E-state index contributed by atoms with van der Waals surface area (Å²) in [7, 11) is 0. The standard InChI is InChI=1S/C7H7.Ir/c1-7-5-3-2-4-6-7;/h2-5H,1H3;/q;+2. The molecule has 0 fully saturated rings. The van der Waals surface area contributed by atoms with Crippen molar-refractivity contribution in [2.45, 2.75) is 6.92 Å². The summed E-state index contributed by atoms with van der Waals surface area (Å²) in [5.41, 5.74) is 1.37. The summed E-state index contributed by atoms with van der Waals surface area (Å²) in [6.45, 7) is 2.12. The van der Waals surface area contributed by atoms with Crippen molar-refractivity contribution in [3.63, 3.8) is 0 Å². The Balaban J connectivity index is 3.13. The fraction of sp³-hybridized carbons (Fsp3) is 0.143. The third-order valence-electron chi connectivity index (χ3n) is 1.05. The van der Waals surface area contributed by atoms with Crippen molar-refractivity contribution < 1.29 is 18.9 Å². The van der Waals surface area contributed by atoms with E-state index in [1.807, 2.05) is 0 Å². The first-order valence-corrected chi connectivity index (χ1v) is 3.69. The van der Waals surface area contributed by atoms with Crippen molar-refractivity contribution in [3.05, 3.63) is 29.8 Å². The van der Waals surface area contributed by atoms with Gasteiger partial charge in [0.15, 0.2) is 0 Å². The van der Waals surface area contributed by atoms with Crippen molar-refractivity contribution in [2.24, 2.45) is 0 Å². The Labute approximate surface area is 60.1 Å². The zero-order chi connectivity index (χ0) is 5.98. The van der Waals surface area contributed by atoms with Crippen LogP contribution in [-0.2, 0) is 18.9 Å². The Bertz CT molecular complexity index is 160. The Hall–Kier alpha value is -0.131. The molecule has 0 amide bonds. The predicted octanol–water partition coefficient (Wildman–Crippen LogP) is 1.17. The van der Waals surface area contributed by atoms with Crippen LogP contribution in [0.1, 0.15) is 5.56 Å². The van der Waals surface area contributed by atoms with Gasteiger partial charge >= 0.3 is 59.7 Å². The Morgan fingerprint density at radius 1 is 1.25 bits per heavy atom. The second-order valence-electron chi connectivity index (χ2n) is 1.73. The molecule has 0 heterocycles. The summed E-state index contributed by atoms with van der Waals surface area (Å²) in [5.74, 6) is 0. The van der Waals surface area contributed by atoms with E-state index in [1.165, 1.54) is 9.64 Å². The van der Waals surface area contributed by atoms with Crippen LogP contribution in [0.15, 0.2) is 24.3 Å². The van der Waals surface area contributed by atoms with Crippen molar-refractivity contribution >= 4 is 4.08 Å². The summed E-state index contributed by atoms with van der Waals surface area (Å²) >= 11 is 2.12. The molecule has 0 N–H and O–H groups in total. The summed E-state index contributed by atoms with van der Waals surface area (Å²) in [6.07, 6.45) is 0. The molecule has 0 aliphatic heterocycles. The average molecular weight is 283 g/mol. The van der Waals surface area contributed by atoms with Crippen LogP contribution in [0, 0.1) is 6.92 Å². The fourth-order valence-electron chi connectivity index (χ4n) is 0.543. The third-order valence-corrected chi connectivity index (χ3v) is 2.40. The second kappa shape index (κ2) is 2.43.